The molecule has 0 aromatic rings. The van der Waals surface area contributed by atoms with Gasteiger partial charge < -0.3 is 14.4 Å². The first-order valence-corrected chi connectivity index (χ1v) is 6.37. The number of alkyl halides is 2. The lowest BCUT2D eigenvalue weighted by molar-refractivity contribution is -0.135. The van der Waals surface area contributed by atoms with Gasteiger partial charge in [-0.1, -0.05) is 35.4 Å². The molecular formula is C11H17Cl2NO3. The highest BCUT2D eigenvalue weighted by Gasteiger charge is 2.28. The fourth-order valence-electron chi connectivity index (χ4n) is 1.48. The largest absolute Gasteiger partial charge is 0.348 e. The number of halogens is 2. The molecule has 0 aliphatic carbocycles. The lowest BCUT2D eigenvalue weighted by Gasteiger charge is -2.24. The average Bonchev–Trinajstić information content (AvgIpc) is 2.69. The number of nitrogens with zero attached hydrogens (tertiary/aromatic N) is 1. The Hall–Kier alpha value is -0.290. The van der Waals surface area contributed by atoms with Crippen molar-refractivity contribution < 1.29 is 14.3 Å². The van der Waals surface area contributed by atoms with Crippen LogP contribution >= 0.6 is 23.2 Å². The van der Waals surface area contributed by atoms with E-state index in [-0.39, 0.29) is 12.0 Å². The van der Waals surface area contributed by atoms with E-state index in [0.29, 0.717) is 19.7 Å². The molecule has 0 bridgehead atoms. The van der Waals surface area contributed by atoms with Crippen molar-refractivity contribution >= 4 is 29.1 Å². The second kappa shape index (κ2) is 7.21. The van der Waals surface area contributed by atoms with Crippen molar-refractivity contribution in [1.29, 1.82) is 0 Å². The second-order valence-electron chi connectivity index (χ2n) is 3.82. The molecule has 1 rings (SSSR count). The van der Waals surface area contributed by atoms with E-state index in [4.69, 9.17) is 32.7 Å². The lowest BCUT2D eigenvalue weighted by atomic mass is 10.4. The summed E-state index contributed by atoms with van der Waals surface area (Å²) in [6, 6.07) is 0. The number of allylic oxidation sites excluding steroid dienone is 1. The molecule has 1 aliphatic heterocycles. The number of rotatable bonds is 5. The van der Waals surface area contributed by atoms with E-state index < -0.39 is 11.1 Å². The smallest absolute Gasteiger partial charge is 0.256 e. The standard InChI is InChI=1S/C11H17Cl2NO3/c1-3-4-5-14(11(15)10(12)13)6-9-16-7-8(2)17-9/h3-4,8-10H,5-7H2,1-2H3. The Labute approximate surface area is 111 Å². The zero-order chi connectivity index (χ0) is 12.8. The van der Waals surface area contributed by atoms with Crippen LogP contribution in [-0.4, -0.2) is 47.7 Å². The normalized spacial score (nSPS) is 24.8. The molecule has 2 unspecified atom stereocenters. The highest BCUT2D eigenvalue weighted by Crippen LogP contribution is 2.14. The van der Waals surface area contributed by atoms with Crippen LogP contribution in [0.5, 0.6) is 0 Å². The van der Waals surface area contributed by atoms with Crippen molar-refractivity contribution in [3.63, 3.8) is 0 Å². The van der Waals surface area contributed by atoms with E-state index in [2.05, 4.69) is 0 Å². The first-order valence-electron chi connectivity index (χ1n) is 5.49. The van der Waals surface area contributed by atoms with Crippen LogP contribution in [0.25, 0.3) is 0 Å². The van der Waals surface area contributed by atoms with Gasteiger partial charge in [-0.2, -0.15) is 0 Å². The number of hydrogen-bond donors (Lipinski definition) is 0. The maximum absolute atomic E-state index is 11.7. The van der Waals surface area contributed by atoms with E-state index in [9.17, 15) is 4.79 Å². The monoisotopic (exact) mass is 281 g/mol. The van der Waals surface area contributed by atoms with Gasteiger partial charge >= 0.3 is 0 Å². The predicted octanol–water partition coefficient (Wildman–Crippen LogP) is 1.96. The molecule has 1 fully saturated rings. The molecule has 0 spiro atoms. The second-order valence-corrected chi connectivity index (χ2v) is 4.92. The number of amides is 1. The van der Waals surface area contributed by atoms with Crippen LogP contribution in [0.15, 0.2) is 12.2 Å². The topological polar surface area (TPSA) is 38.8 Å². The van der Waals surface area contributed by atoms with Crippen LogP contribution in [0.4, 0.5) is 0 Å². The summed E-state index contributed by atoms with van der Waals surface area (Å²) in [4.78, 5) is 12.2. The van der Waals surface area contributed by atoms with Crippen molar-refractivity contribution in [2.75, 3.05) is 19.7 Å². The molecule has 1 aliphatic rings. The first-order chi connectivity index (χ1) is 8.04. The predicted molar refractivity (Wildman–Crippen MR) is 67.2 cm³/mol. The van der Waals surface area contributed by atoms with E-state index in [0.717, 1.165) is 0 Å². The average molecular weight is 282 g/mol. The third-order valence-corrected chi connectivity index (χ3v) is 2.70. The zero-order valence-electron chi connectivity index (χ0n) is 9.94. The highest BCUT2D eigenvalue weighted by atomic mass is 35.5. The van der Waals surface area contributed by atoms with Crippen molar-refractivity contribution in [3.8, 4) is 0 Å². The molecule has 4 nitrogen and oxygen atoms in total. The van der Waals surface area contributed by atoms with Gasteiger partial charge in [-0.05, 0) is 13.8 Å². The van der Waals surface area contributed by atoms with E-state index in [1.165, 1.54) is 4.90 Å². The van der Waals surface area contributed by atoms with Gasteiger partial charge in [0.05, 0.1) is 19.3 Å². The lowest BCUT2D eigenvalue weighted by Crippen LogP contribution is -2.40. The summed E-state index contributed by atoms with van der Waals surface area (Å²) in [6.45, 7) is 5.13. The fourth-order valence-corrected chi connectivity index (χ4v) is 1.76. The van der Waals surface area contributed by atoms with Crippen molar-refractivity contribution in [1.82, 2.24) is 4.90 Å². The van der Waals surface area contributed by atoms with Gasteiger partial charge in [-0.15, -0.1) is 0 Å². The summed E-state index contributed by atoms with van der Waals surface area (Å²) in [7, 11) is 0. The van der Waals surface area contributed by atoms with Gasteiger partial charge in [0.1, 0.15) is 0 Å². The zero-order valence-corrected chi connectivity index (χ0v) is 11.4. The Balaban J connectivity index is 2.53. The minimum atomic E-state index is -1.06. The van der Waals surface area contributed by atoms with Gasteiger partial charge in [0.15, 0.2) is 11.1 Å². The Bertz CT molecular complexity index is 284. The SMILES string of the molecule is CC=CCN(CC1OCC(C)O1)C(=O)C(Cl)Cl. The first kappa shape index (κ1) is 14.8. The van der Waals surface area contributed by atoms with Gasteiger partial charge in [0.2, 0.25) is 0 Å². The van der Waals surface area contributed by atoms with Crippen molar-refractivity contribution in [2.24, 2.45) is 0 Å². The highest BCUT2D eigenvalue weighted by molar-refractivity contribution is 6.53. The molecule has 0 N–H and O–H groups in total. The molecule has 0 radical (unpaired) electrons. The van der Waals surface area contributed by atoms with E-state index in [1.807, 2.05) is 26.0 Å². The van der Waals surface area contributed by atoms with Crippen LogP contribution in [0.3, 0.4) is 0 Å². The summed E-state index contributed by atoms with van der Waals surface area (Å²) in [5.74, 6) is -0.335. The van der Waals surface area contributed by atoms with Crippen LogP contribution in [0.1, 0.15) is 13.8 Å². The Morgan fingerprint density at radius 3 is 2.76 bits per heavy atom. The number of hydrogen-bond acceptors (Lipinski definition) is 3. The molecule has 6 heteroatoms. The Kier molecular flexibility index (Phi) is 6.27. The molecule has 17 heavy (non-hydrogen) atoms. The molecule has 0 saturated carbocycles. The Morgan fingerprint density at radius 2 is 2.29 bits per heavy atom. The third-order valence-electron chi connectivity index (χ3n) is 2.33. The summed E-state index contributed by atoms with van der Waals surface area (Å²) in [6.07, 6.45) is 3.37. The molecular weight excluding hydrogens is 265 g/mol. The maximum Gasteiger partial charge on any atom is 0.256 e. The van der Waals surface area contributed by atoms with Crippen LogP contribution < -0.4 is 0 Å². The Morgan fingerprint density at radius 1 is 1.59 bits per heavy atom. The number of carbonyl (C=O) groups is 1. The minimum absolute atomic E-state index is 0.0569. The van der Waals surface area contributed by atoms with Gasteiger partial charge in [-0.25, -0.2) is 0 Å². The van der Waals surface area contributed by atoms with E-state index >= 15 is 0 Å². The third kappa shape index (κ3) is 4.84. The number of carbonyl (C=O) groups excluding carboxylic acids is 1. The van der Waals surface area contributed by atoms with Crippen LogP contribution in [0.2, 0.25) is 0 Å². The van der Waals surface area contributed by atoms with Crippen LogP contribution in [-0.2, 0) is 14.3 Å². The maximum atomic E-state index is 11.7. The molecule has 98 valence electrons. The van der Waals surface area contributed by atoms with E-state index in [1.54, 1.807) is 0 Å². The molecule has 0 aromatic heterocycles. The van der Waals surface area contributed by atoms with Crippen molar-refractivity contribution in [3.05, 3.63) is 12.2 Å². The van der Waals surface area contributed by atoms with Crippen LogP contribution in [0, 0.1) is 0 Å². The molecule has 2 atom stereocenters. The quantitative estimate of drug-likeness (QED) is 0.571. The molecule has 0 aromatic carbocycles. The summed E-state index contributed by atoms with van der Waals surface area (Å²) in [5, 5.41) is 0. The molecule has 1 saturated heterocycles. The molecule has 1 heterocycles. The van der Waals surface area contributed by atoms with Gasteiger partial charge in [-0.3, -0.25) is 4.79 Å². The number of ether oxygens (including phenoxy) is 2. The summed E-state index contributed by atoms with van der Waals surface area (Å²) in [5.41, 5.74) is 0. The van der Waals surface area contributed by atoms with Crippen molar-refractivity contribution in [2.45, 2.75) is 31.1 Å². The molecule has 1 amide bonds. The summed E-state index contributed by atoms with van der Waals surface area (Å²) >= 11 is 11.2. The minimum Gasteiger partial charge on any atom is -0.348 e. The van der Waals surface area contributed by atoms with Gasteiger partial charge in [0.25, 0.3) is 5.91 Å². The van der Waals surface area contributed by atoms with Gasteiger partial charge in [0, 0.05) is 6.54 Å². The summed E-state index contributed by atoms with van der Waals surface area (Å²) < 4.78 is 10.9. The fraction of sp³-hybridized carbons (Fsp3) is 0.727.